The van der Waals surface area contributed by atoms with Crippen LogP contribution in [0.3, 0.4) is 0 Å². The van der Waals surface area contributed by atoms with Crippen LogP contribution in [0.1, 0.15) is 13.8 Å². The predicted molar refractivity (Wildman–Crippen MR) is 53.9 cm³/mol. The highest BCUT2D eigenvalue weighted by Crippen LogP contribution is 2.07. The summed E-state index contributed by atoms with van der Waals surface area (Å²) >= 11 is 5.53. The number of nitrogens with one attached hydrogen (secondary N) is 1. The molecule has 14 heavy (non-hydrogen) atoms. The van der Waals surface area contributed by atoms with Crippen LogP contribution in [0.4, 0.5) is 5.82 Å². The lowest BCUT2D eigenvalue weighted by Crippen LogP contribution is -2.45. The molecule has 0 aromatic carbocycles. The van der Waals surface area contributed by atoms with Gasteiger partial charge in [0.1, 0.15) is 5.15 Å². The van der Waals surface area contributed by atoms with Gasteiger partial charge in [0.25, 0.3) is 0 Å². The number of nitrogens with two attached hydrogens (primary N) is 1. The van der Waals surface area contributed by atoms with E-state index >= 15 is 0 Å². The summed E-state index contributed by atoms with van der Waals surface area (Å²) in [5.74, 6) is 0.00653. The van der Waals surface area contributed by atoms with E-state index in [4.69, 9.17) is 17.3 Å². The zero-order valence-corrected chi connectivity index (χ0v) is 8.67. The van der Waals surface area contributed by atoms with Gasteiger partial charge in [-0.25, -0.2) is 9.97 Å². The van der Waals surface area contributed by atoms with Crippen LogP contribution in [0.25, 0.3) is 0 Å². The van der Waals surface area contributed by atoms with Crippen LogP contribution in [0.15, 0.2) is 12.4 Å². The molecule has 0 bridgehead atoms. The van der Waals surface area contributed by atoms with Crippen LogP contribution >= 0.6 is 11.6 Å². The Morgan fingerprint density at radius 3 is 2.57 bits per heavy atom. The van der Waals surface area contributed by atoms with Gasteiger partial charge in [0.2, 0.25) is 5.91 Å². The normalized spacial score (nSPS) is 11.1. The topological polar surface area (TPSA) is 80.9 Å². The summed E-state index contributed by atoms with van der Waals surface area (Å²) in [6.07, 6.45) is 2.71. The molecule has 0 aliphatic rings. The average Bonchev–Trinajstić information content (AvgIpc) is 2.07. The Hall–Kier alpha value is -1.20. The van der Waals surface area contributed by atoms with Gasteiger partial charge in [0.05, 0.1) is 17.9 Å². The van der Waals surface area contributed by atoms with E-state index in [-0.39, 0.29) is 11.1 Å². The molecule has 0 unspecified atom stereocenters. The average molecular weight is 215 g/mol. The van der Waals surface area contributed by atoms with Gasteiger partial charge in [0, 0.05) is 0 Å². The lowest BCUT2D eigenvalue weighted by atomic mass is 10.1. The molecule has 1 aromatic rings. The second-order valence-corrected chi connectivity index (χ2v) is 3.79. The van der Waals surface area contributed by atoms with Crippen LogP contribution in [0.2, 0.25) is 5.15 Å². The molecule has 1 heterocycles. The molecule has 5 nitrogen and oxygen atoms in total. The highest BCUT2D eigenvalue weighted by atomic mass is 35.5. The first-order valence-corrected chi connectivity index (χ1v) is 4.35. The number of nitrogens with zero attached hydrogens (tertiary/aromatic N) is 2. The number of anilines is 1. The highest BCUT2D eigenvalue weighted by molar-refractivity contribution is 6.29. The molecule has 0 aliphatic heterocycles. The van der Waals surface area contributed by atoms with Crippen molar-refractivity contribution in [3.63, 3.8) is 0 Å². The third-order valence-corrected chi connectivity index (χ3v) is 1.64. The summed E-state index contributed by atoms with van der Waals surface area (Å²) in [6, 6.07) is 0. The van der Waals surface area contributed by atoms with Gasteiger partial charge in [-0.1, -0.05) is 11.6 Å². The minimum absolute atomic E-state index is 0.273. The van der Waals surface area contributed by atoms with Crippen molar-refractivity contribution in [3.8, 4) is 0 Å². The Bertz CT molecular complexity index is 330. The Balaban J connectivity index is 2.71. The number of carbonyl (C=O) groups excluding carboxylic acids is 1. The lowest BCUT2D eigenvalue weighted by Gasteiger charge is -2.16. The van der Waals surface area contributed by atoms with E-state index < -0.39 is 5.54 Å². The SMILES string of the molecule is CC(C)(N)C(=O)Nc1cnc(Cl)cn1. The number of hydrogen-bond donors (Lipinski definition) is 2. The smallest absolute Gasteiger partial charge is 0.245 e. The van der Waals surface area contributed by atoms with E-state index in [1.165, 1.54) is 12.4 Å². The van der Waals surface area contributed by atoms with E-state index in [0.29, 0.717) is 5.82 Å². The van der Waals surface area contributed by atoms with Crippen molar-refractivity contribution in [2.45, 2.75) is 19.4 Å². The van der Waals surface area contributed by atoms with Crippen molar-refractivity contribution in [3.05, 3.63) is 17.5 Å². The molecule has 0 atom stereocenters. The zero-order valence-electron chi connectivity index (χ0n) is 7.91. The molecule has 76 valence electrons. The number of halogens is 1. The van der Waals surface area contributed by atoms with Crippen molar-refractivity contribution in [1.29, 1.82) is 0 Å². The van der Waals surface area contributed by atoms with Crippen molar-refractivity contribution >= 4 is 23.3 Å². The number of aromatic nitrogens is 2. The van der Waals surface area contributed by atoms with E-state index in [0.717, 1.165) is 0 Å². The first-order valence-electron chi connectivity index (χ1n) is 3.97. The maximum atomic E-state index is 11.4. The van der Waals surface area contributed by atoms with Crippen LogP contribution in [-0.2, 0) is 4.79 Å². The van der Waals surface area contributed by atoms with Crippen LogP contribution < -0.4 is 11.1 Å². The first kappa shape index (κ1) is 10.9. The van der Waals surface area contributed by atoms with Gasteiger partial charge in [-0.05, 0) is 13.8 Å². The zero-order chi connectivity index (χ0) is 10.8. The molecule has 1 aromatic heterocycles. The van der Waals surface area contributed by atoms with E-state index in [1.807, 2.05) is 0 Å². The summed E-state index contributed by atoms with van der Waals surface area (Å²) in [7, 11) is 0. The maximum Gasteiger partial charge on any atom is 0.245 e. The second kappa shape index (κ2) is 3.89. The molecule has 0 saturated heterocycles. The van der Waals surface area contributed by atoms with Crippen LogP contribution in [0, 0.1) is 0 Å². The third kappa shape index (κ3) is 2.93. The van der Waals surface area contributed by atoms with Crippen LogP contribution in [0.5, 0.6) is 0 Å². The minimum Gasteiger partial charge on any atom is -0.318 e. The van der Waals surface area contributed by atoms with E-state index in [2.05, 4.69) is 15.3 Å². The molecule has 0 radical (unpaired) electrons. The quantitative estimate of drug-likeness (QED) is 0.763. The van der Waals surface area contributed by atoms with Gasteiger partial charge in [-0.15, -0.1) is 0 Å². The van der Waals surface area contributed by atoms with Crippen molar-refractivity contribution in [2.75, 3.05) is 5.32 Å². The first-order chi connectivity index (χ1) is 6.39. The van der Waals surface area contributed by atoms with Crippen molar-refractivity contribution in [2.24, 2.45) is 5.73 Å². The molecule has 6 heteroatoms. The Morgan fingerprint density at radius 2 is 2.14 bits per heavy atom. The summed E-state index contributed by atoms with van der Waals surface area (Å²) in [5.41, 5.74) is 4.63. The molecule has 1 rings (SSSR count). The summed E-state index contributed by atoms with van der Waals surface area (Å²) in [4.78, 5) is 19.0. The maximum absolute atomic E-state index is 11.4. The fraction of sp³-hybridized carbons (Fsp3) is 0.375. The number of rotatable bonds is 2. The number of hydrogen-bond acceptors (Lipinski definition) is 4. The minimum atomic E-state index is -0.943. The van der Waals surface area contributed by atoms with E-state index in [1.54, 1.807) is 13.8 Å². The standard InChI is InChI=1S/C8H11ClN4O/c1-8(2,10)7(14)13-6-4-11-5(9)3-12-6/h3-4H,10H2,1-2H3,(H,12,13,14). The van der Waals surface area contributed by atoms with E-state index in [9.17, 15) is 4.79 Å². The Morgan fingerprint density at radius 1 is 1.50 bits per heavy atom. The molecule has 0 spiro atoms. The fourth-order valence-corrected chi connectivity index (χ4v) is 0.752. The van der Waals surface area contributed by atoms with Crippen molar-refractivity contribution < 1.29 is 4.79 Å². The van der Waals surface area contributed by atoms with Gasteiger partial charge >= 0.3 is 0 Å². The predicted octanol–water partition coefficient (Wildman–Crippen LogP) is 0.806. The van der Waals surface area contributed by atoms with Gasteiger partial charge in [-0.2, -0.15) is 0 Å². The number of carbonyl (C=O) groups is 1. The monoisotopic (exact) mass is 214 g/mol. The summed E-state index contributed by atoms with van der Waals surface area (Å²) in [6.45, 7) is 3.21. The highest BCUT2D eigenvalue weighted by Gasteiger charge is 2.22. The summed E-state index contributed by atoms with van der Waals surface area (Å²) < 4.78 is 0. The summed E-state index contributed by atoms with van der Waals surface area (Å²) in [5, 5.41) is 2.79. The third-order valence-electron chi connectivity index (χ3n) is 1.45. The van der Waals surface area contributed by atoms with Crippen LogP contribution in [-0.4, -0.2) is 21.4 Å². The molecule has 0 aliphatic carbocycles. The molecule has 3 N–H and O–H groups in total. The molecular formula is C8H11ClN4O. The molecular weight excluding hydrogens is 204 g/mol. The van der Waals surface area contributed by atoms with Gasteiger partial charge in [-0.3, -0.25) is 4.79 Å². The largest absolute Gasteiger partial charge is 0.318 e. The lowest BCUT2D eigenvalue weighted by molar-refractivity contribution is -0.120. The Labute approximate surface area is 86.7 Å². The second-order valence-electron chi connectivity index (χ2n) is 3.40. The molecule has 1 amide bonds. The number of amides is 1. The van der Waals surface area contributed by atoms with Crippen molar-refractivity contribution in [1.82, 2.24) is 9.97 Å². The molecule has 0 saturated carbocycles. The molecule has 0 fully saturated rings. The Kier molecular flexibility index (Phi) is 3.03. The van der Waals surface area contributed by atoms with Gasteiger partial charge in [0.15, 0.2) is 5.82 Å². The fourth-order valence-electron chi connectivity index (χ4n) is 0.654. The van der Waals surface area contributed by atoms with Gasteiger partial charge < -0.3 is 11.1 Å².